The lowest BCUT2D eigenvalue weighted by atomic mass is 10.1. The number of aromatic nitrogens is 2. The summed E-state index contributed by atoms with van der Waals surface area (Å²) in [5.74, 6) is 0.0163. The van der Waals surface area contributed by atoms with E-state index in [1.165, 1.54) is 0 Å². The van der Waals surface area contributed by atoms with Crippen LogP contribution in [0.25, 0.3) is 16.9 Å². The van der Waals surface area contributed by atoms with Crippen LogP contribution in [0, 0.1) is 0 Å². The van der Waals surface area contributed by atoms with Crippen molar-refractivity contribution in [2.75, 3.05) is 13.1 Å². The van der Waals surface area contributed by atoms with Gasteiger partial charge in [0, 0.05) is 24.7 Å². The third-order valence-corrected chi connectivity index (χ3v) is 5.06. The molecule has 27 heavy (non-hydrogen) atoms. The summed E-state index contributed by atoms with van der Waals surface area (Å²) in [6.07, 6.45) is 2.76. The monoisotopic (exact) mass is 360 g/mol. The van der Waals surface area contributed by atoms with Gasteiger partial charge < -0.3 is 10.6 Å². The quantitative estimate of drug-likeness (QED) is 0.778. The van der Waals surface area contributed by atoms with E-state index in [1.54, 1.807) is 4.68 Å². The summed E-state index contributed by atoms with van der Waals surface area (Å²) >= 11 is 0. The molecule has 1 fully saturated rings. The molecule has 5 nitrogen and oxygen atoms in total. The average molecular weight is 360 g/mol. The Morgan fingerprint density at radius 2 is 1.67 bits per heavy atom. The lowest BCUT2D eigenvalue weighted by Crippen LogP contribution is -2.34. The Kier molecular flexibility index (Phi) is 5.03. The minimum atomic E-state index is 0.0163. The molecule has 0 spiro atoms. The van der Waals surface area contributed by atoms with Gasteiger partial charge >= 0.3 is 0 Å². The van der Waals surface area contributed by atoms with Crippen LogP contribution < -0.4 is 5.73 Å². The van der Waals surface area contributed by atoms with Crippen LogP contribution in [0.1, 0.15) is 29.8 Å². The van der Waals surface area contributed by atoms with Gasteiger partial charge in [0.2, 0.25) is 0 Å². The van der Waals surface area contributed by atoms with Crippen molar-refractivity contribution in [2.45, 2.75) is 25.3 Å². The van der Waals surface area contributed by atoms with Crippen LogP contribution in [0.2, 0.25) is 0 Å². The molecule has 1 atom stereocenters. The number of carbonyl (C=O) groups is 1. The third-order valence-electron chi connectivity index (χ3n) is 5.06. The van der Waals surface area contributed by atoms with Gasteiger partial charge in [0.1, 0.15) is 5.69 Å². The molecular weight excluding hydrogens is 336 g/mol. The summed E-state index contributed by atoms with van der Waals surface area (Å²) in [7, 11) is 0. The Hall–Kier alpha value is -2.92. The lowest BCUT2D eigenvalue weighted by Gasteiger charge is -2.20. The molecular formula is C22H24N4O. The third kappa shape index (κ3) is 3.78. The molecule has 1 aromatic heterocycles. The zero-order valence-electron chi connectivity index (χ0n) is 15.3. The fourth-order valence-electron chi connectivity index (χ4n) is 3.54. The molecule has 0 saturated carbocycles. The molecule has 1 aliphatic rings. The Balaban J connectivity index is 1.74. The predicted octanol–water partition coefficient (Wildman–Crippen LogP) is 3.49. The minimum absolute atomic E-state index is 0.0163. The van der Waals surface area contributed by atoms with Crippen LogP contribution in [-0.4, -0.2) is 39.7 Å². The van der Waals surface area contributed by atoms with Gasteiger partial charge in [-0.25, -0.2) is 4.68 Å². The van der Waals surface area contributed by atoms with E-state index in [9.17, 15) is 4.79 Å². The number of carbonyl (C=O) groups excluding carboxylic acids is 1. The molecule has 0 radical (unpaired) electrons. The number of rotatable bonds is 3. The normalized spacial score (nSPS) is 17.5. The second-order valence-corrected chi connectivity index (χ2v) is 7.01. The van der Waals surface area contributed by atoms with Crippen molar-refractivity contribution < 1.29 is 4.79 Å². The van der Waals surface area contributed by atoms with Crippen LogP contribution in [0.15, 0.2) is 66.7 Å². The maximum atomic E-state index is 13.3. The molecule has 0 bridgehead atoms. The standard InChI is InChI=1S/C22H24N4O/c23-18-10-7-14-25(15-13-18)22(27)21-16-20(17-8-3-1-4-9-17)24-26(21)19-11-5-2-6-12-19/h1-6,8-9,11-12,16,18H,7,10,13-15,23H2/t18-/m1/s1. The van der Waals surface area contributed by atoms with Crippen LogP contribution in [0.4, 0.5) is 0 Å². The zero-order valence-corrected chi connectivity index (χ0v) is 15.3. The van der Waals surface area contributed by atoms with Crippen molar-refractivity contribution >= 4 is 5.91 Å². The zero-order chi connectivity index (χ0) is 18.6. The number of nitrogens with zero attached hydrogens (tertiary/aromatic N) is 3. The first-order valence-corrected chi connectivity index (χ1v) is 9.48. The van der Waals surface area contributed by atoms with Crippen molar-refractivity contribution in [1.82, 2.24) is 14.7 Å². The highest BCUT2D eigenvalue weighted by Gasteiger charge is 2.24. The van der Waals surface area contributed by atoms with Gasteiger partial charge in [0.05, 0.1) is 11.4 Å². The first-order chi connectivity index (χ1) is 13.2. The van der Waals surface area contributed by atoms with E-state index in [0.29, 0.717) is 12.2 Å². The van der Waals surface area contributed by atoms with Crippen LogP contribution in [-0.2, 0) is 0 Å². The number of hydrogen-bond donors (Lipinski definition) is 1. The number of para-hydroxylation sites is 1. The SMILES string of the molecule is N[C@@H]1CCCN(C(=O)c2cc(-c3ccccc3)nn2-c2ccccc2)CC1. The van der Waals surface area contributed by atoms with Crippen molar-refractivity contribution in [2.24, 2.45) is 5.73 Å². The second kappa shape index (κ2) is 7.76. The van der Waals surface area contributed by atoms with E-state index >= 15 is 0 Å². The van der Waals surface area contributed by atoms with Crippen molar-refractivity contribution in [3.63, 3.8) is 0 Å². The first kappa shape index (κ1) is 17.5. The molecule has 3 aromatic rings. The highest BCUT2D eigenvalue weighted by molar-refractivity contribution is 5.94. The van der Waals surface area contributed by atoms with Gasteiger partial charge in [-0.15, -0.1) is 0 Å². The predicted molar refractivity (Wildman–Crippen MR) is 107 cm³/mol. The molecule has 2 N–H and O–H groups in total. The molecule has 2 heterocycles. The van der Waals surface area contributed by atoms with E-state index in [4.69, 9.17) is 10.8 Å². The van der Waals surface area contributed by atoms with E-state index in [-0.39, 0.29) is 11.9 Å². The number of nitrogens with two attached hydrogens (primary N) is 1. The maximum Gasteiger partial charge on any atom is 0.272 e. The van der Waals surface area contributed by atoms with Crippen LogP contribution >= 0.6 is 0 Å². The van der Waals surface area contributed by atoms with E-state index in [1.807, 2.05) is 71.6 Å². The van der Waals surface area contributed by atoms with Gasteiger partial charge in [-0.2, -0.15) is 5.10 Å². The Bertz CT molecular complexity index is 905. The van der Waals surface area contributed by atoms with E-state index < -0.39 is 0 Å². The van der Waals surface area contributed by atoms with Crippen molar-refractivity contribution in [1.29, 1.82) is 0 Å². The number of benzene rings is 2. The molecule has 4 rings (SSSR count). The van der Waals surface area contributed by atoms with Crippen molar-refractivity contribution in [3.05, 3.63) is 72.4 Å². The van der Waals surface area contributed by atoms with Gasteiger partial charge in [-0.05, 0) is 37.5 Å². The fraction of sp³-hybridized carbons (Fsp3) is 0.273. The smallest absolute Gasteiger partial charge is 0.272 e. The number of hydrogen-bond acceptors (Lipinski definition) is 3. The summed E-state index contributed by atoms with van der Waals surface area (Å²) < 4.78 is 1.76. The summed E-state index contributed by atoms with van der Waals surface area (Å²) in [4.78, 5) is 15.2. The van der Waals surface area contributed by atoms with Crippen LogP contribution in [0.3, 0.4) is 0 Å². The van der Waals surface area contributed by atoms with Gasteiger partial charge in [0.25, 0.3) is 5.91 Å². The van der Waals surface area contributed by atoms with Gasteiger partial charge in [-0.3, -0.25) is 4.79 Å². The second-order valence-electron chi connectivity index (χ2n) is 7.01. The summed E-state index contributed by atoms with van der Waals surface area (Å²) in [6.45, 7) is 1.44. The summed E-state index contributed by atoms with van der Waals surface area (Å²) in [6, 6.07) is 21.9. The lowest BCUT2D eigenvalue weighted by molar-refractivity contribution is 0.0752. The molecule has 0 unspecified atom stereocenters. The Labute approximate surface area is 159 Å². The molecule has 1 saturated heterocycles. The number of amides is 1. The first-order valence-electron chi connectivity index (χ1n) is 9.48. The maximum absolute atomic E-state index is 13.3. The van der Waals surface area contributed by atoms with Crippen LogP contribution in [0.5, 0.6) is 0 Å². The minimum Gasteiger partial charge on any atom is -0.337 e. The summed E-state index contributed by atoms with van der Waals surface area (Å²) in [5.41, 5.74) is 9.36. The number of likely N-dealkylation sites (tertiary alicyclic amines) is 1. The van der Waals surface area contributed by atoms with Gasteiger partial charge in [0.15, 0.2) is 0 Å². The Morgan fingerprint density at radius 1 is 0.963 bits per heavy atom. The van der Waals surface area contributed by atoms with Gasteiger partial charge in [-0.1, -0.05) is 48.5 Å². The van der Waals surface area contributed by atoms with E-state index in [0.717, 1.165) is 42.8 Å². The average Bonchev–Trinajstić information content (AvgIpc) is 3.05. The largest absolute Gasteiger partial charge is 0.337 e. The highest BCUT2D eigenvalue weighted by Crippen LogP contribution is 2.23. The molecule has 0 aliphatic carbocycles. The molecule has 2 aromatic carbocycles. The molecule has 138 valence electrons. The molecule has 5 heteroatoms. The van der Waals surface area contributed by atoms with E-state index in [2.05, 4.69) is 0 Å². The van der Waals surface area contributed by atoms with Crippen molar-refractivity contribution in [3.8, 4) is 16.9 Å². The highest BCUT2D eigenvalue weighted by atomic mass is 16.2. The molecule has 1 amide bonds. The summed E-state index contributed by atoms with van der Waals surface area (Å²) in [5, 5.41) is 4.75. The molecule has 1 aliphatic heterocycles. The Morgan fingerprint density at radius 3 is 2.41 bits per heavy atom. The topological polar surface area (TPSA) is 64.2 Å². The fourth-order valence-corrected chi connectivity index (χ4v) is 3.54.